The number of amides is 2. The lowest BCUT2D eigenvalue weighted by atomic mass is 10.1. The molecule has 0 saturated heterocycles. The number of pyridine rings is 1. The second-order valence-corrected chi connectivity index (χ2v) is 6.81. The monoisotopic (exact) mass is 387 g/mol. The van der Waals surface area contributed by atoms with E-state index in [2.05, 4.69) is 4.98 Å². The van der Waals surface area contributed by atoms with E-state index in [-0.39, 0.29) is 25.0 Å². The molecule has 1 aromatic heterocycles. The van der Waals surface area contributed by atoms with Gasteiger partial charge in [0.2, 0.25) is 5.91 Å². The van der Waals surface area contributed by atoms with Crippen molar-refractivity contribution < 1.29 is 14.3 Å². The van der Waals surface area contributed by atoms with Gasteiger partial charge in [0.15, 0.2) is 18.2 Å². The number of hydrogen-bond donors (Lipinski definition) is 0. The normalized spacial score (nSPS) is 12.8. The Balaban J connectivity index is 1.57. The molecule has 0 aliphatic carbocycles. The molecule has 1 aliphatic heterocycles. The van der Waals surface area contributed by atoms with Crippen molar-refractivity contribution in [2.24, 2.45) is 0 Å². The summed E-state index contributed by atoms with van der Waals surface area (Å²) in [5.41, 5.74) is 2.06. The van der Waals surface area contributed by atoms with Crippen molar-refractivity contribution in [3.63, 3.8) is 0 Å². The minimum atomic E-state index is -0.274. The van der Waals surface area contributed by atoms with E-state index in [4.69, 9.17) is 4.74 Å². The van der Waals surface area contributed by atoms with Crippen molar-refractivity contribution in [2.75, 3.05) is 18.1 Å². The summed E-state index contributed by atoms with van der Waals surface area (Å²) < 4.78 is 5.42. The smallest absolute Gasteiger partial charge is 0.266 e. The fourth-order valence-corrected chi connectivity index (χ4v) is 3.27. The van der Waals surface area contributed by atoms with E-state index in [0.29, 0.717) is 24.7 Å². The average molecular weight is 387 g/mol. The zero-order chi connectivity index (χ0) is 20.1. The maximum absolute atomic E-state index is 13.2. The first-order valence-electron chi connectivity index (χ1n) is 9.44. The molecular weight excluding hydrogens is 366 g/mol. The molecule has 3 aromatic rings. The van der Waals surface area contributed by atoms with Gasteiger partial charge in [0, 0.05) is 19.3 Å². The molecule has 146 valence electrons. The number of fused-ring (bicyclic) bond motifs is 1. The molecule has 0 fully saturated rings. The lowest BCUT2D eigenvalue weighted by molar-refractivity contribution is -0.133. The molecule has 6 nitrogen and oxygen atoms in total. The molecule has 0 N–H and O–H groups in total. The van der Waals surface area contributed by atoms with Crippen molar-refractivity contribution >= 4 is 17.6 Å². The molecule has 4 rings (SSSR count). The number of benzene rings is 2. The molecule has 0 saturated carbocycles. The van der Waals surface area contributed by atoms with E-state index in [1.165, 1.54) is 4.90 Å². The van der Waals surface area contributed by atoms with Crippen LogP contribution < -0.4 is 9.64 Å². The van der Waals surface area contributed by atoms with Gasteiger partial charge in [-0.1, -0.05) is 60.7 Å². The predicted molar refractivity (Wildman–Crippen MR) is 109 cm³/mol. The number of carbonyl (C=O) groups is 2. The van der Waals surface area contributed by atoms with E-state index < -0.39 is 0 Å². The standard InChI is InChI=1S/C23H21N3O3/c27-21(16-26-22(28)17-29-20-12-7-13-24-23(20)26)25(14-18-8-3-1-4-9-18)15-19-10-5-2-6-11-19/h1-13H,14-17H2. The molecule has 0 bridgehead atoms. The first-order valence-corrected chi connectivity index (χ1v) is 9.44. The predicted octanol–water partition coefficient (Wildman–Crippen LogP) is 3.04. The summed E-state index contributed by atoms with van der Waals surface area (Å²) in [6.07, 6.45) is 1.59. The van der Waals surface area contributed by atoms with E-state index in [0.717, 1.165) is 11.1 Å². The summed E-state index contributed by atoms with van der Waals surface area (Å²) in [7, 11) is 0. The Hall–Kier alpha value is -3.67. The lowest BCUT2D eigenvalue weighted by Gasteiger charge is -2.30. The Morgan fingerprint density at radius 3 is 2.17 bits per heavy atom. The fourth-order valence-electron chi connectivity index (χ4n) is 3.27. The van der Waals surface area contributed by atoms with E-state index in [9.17, 15) is 9.59 Å². The molecule has 1 aliphatic rings. The van der Waals surface area contributed by atoms with Crippen molar-refractivity contribution in [3.05, 3.63) is 90.1 Å². The quantitative estimate of drug-likeness (QED) is 0.652. The summed E-state index contributed by atoms with van der Waals surface area (Å²) in [5, 5.41) is 0. The van der Waals surface area contributed by atoms with Gasteiger partial charge >= 0.3 is 0 Å². The van der Waals surface area contributed by atoms with Gasteiger partial charge in [-0.25, -0.2) is 4.98 Å². The minimum absolute atomic E-state index is 0.0775. The number of nitrogens with zero attached hydrogens (tertiary/aromatic N) is 3. The van der Waals surface area contributed by atoms with Gasteiger partial charge in [-0.15, -0.1) is 0 Å². The first-order chi connectivity index (χ1) is 14.2. The highest BCUT2D eigenvalue weighted by Crippen LogP contribution is 2.29. The summed E-state index contributed by atoms with van der Waals surface area (Å²) in [5.74, 6) is 0.475. The van der Waals surface area contributed by atoms with Gasteiger partial charge in [0.25, 0.3) is 5.91 Å². The second kappa shape index (κ2) is 8.56. The van der Waals surface area contributed by atoms with Crippen LogP contribution in [0.25, 0.3) is 0 Å². The van der Waals surface area contributed by atoms with Gasteiger partial charge in [0.1, 0.15) is 6.54 Å². The molecule has 6 heteroatoms. The number of rotatable bonds is 6. The van der Waals surface area contributed by atoms with Gasteiger partial charge < -0.3 is 9.64 Å². The third kappa shape index (κ3) is 4.43. The van der Waals surface area contributed by atoms with Gasteiger partial charge in [-0.2, -0.15) is 0 Å². The van der Waals surface area contributed by atoms with Crippen LogP contribution in [0.2, 0.25) is 0 Å². The van der Waals surface area contributed by atoms with E-state index in [1.807, 2.05) is 60.7 Å². The zero-order valence-corrected chi connectivity index (χ0v) is 15.9. The van der Waals surface area contributed by atoms with Gasteiger partial charge in [0.05, 0.1) is 0 Å². The number of ether oxygens (including phenoxy) is 1. The number of hydrogen-bond acceptors (Lipinski definition) is 4. The summed E-state index contributed by atoms with van der Waals surface area (Å²) in [6, 6.07) is 23.1. The van der Waals surface area contributed by atoms with Crippen LogP contribution in [-0.2, 0) is 22.7 Å². The highest BCUT2D eigenvalue weighted by atomic mass is 16.5. The SMILES string of the molecule is O=C(CN1C(=O)COc2cccnc21)N(Cc1ccccc1)Cc1ccccc1. The number of aromatic nitrogens is 1. The molecule has 2 aromatic carbocycles. The average Bonchev–Trinajstić information content (AvgIpc) is 2.76. The van der Waals surface area contributed by atoms with E-state index >= 15 is 0 Å². The third-order valence-corrected chi connectivity index (χ3v) is 4.74. The topological polar surface area (TPSA) is 62.7 Å². The lowest BCUT2D eigenvalue weighted by Crippen LogP contribution is -2.46. The number of carbonyl (C=O) groups excluding carboxylic acids is 2. The molecule has 0 spiro atoms. The highest BCUT2D eigenvalue weighted by molar-refractivity contribution is 6.01. The Labute approximate surface area is 169 Å². The number of anilines is 1. The Bertz CT molecular complexity index is 951. The van der Waals surface area contributed by atoms with Crippen molar-refractivity contribution in [1.82, 2.24) is 9.88 Å². The van der Waals surface area contributed by atoms with Crippen molar-refractivity contribution in [3.8, 4) is 5.75 Å². The van der Waals surface area contributed by atoms with E-state index in [1.54, 1.807) is 23.2 Å². The third-order valence-electron chi connectivity index (χ3n) is 4.74. The Morgan fingerprint density at radius 1 is 0.931 bits per heavy atom. The van der Waals surface area contributed by atoms with Crippen LogP contribution >= 0.6 is 0 Å². The summed E-state index contributed by atoms with van der Waals surface area (Å²) in [4.78, 5) is 33.1. The van der Waals surface area contributed by atoms with Crippen LogP contribution in [0.4, 0.5) is 5.82 Å². The fraction of sp³-hybridized carbons (Fsp3) is 0.174. The summed E-state index contributed by atoms with van der Waals surface area (Å²) >= 11 is 0. The summed E-state index contributed by atoms with van der Waals surface area (Å²) in [6.45, 7) is 0.750. The second-order valence-electron chi connectivity index (χ2n) is 6.81. The maximum Gasteiger partial charge on any atom is 0.266 e. The van der Waals surface area contributed by atoms with Crippen LogP contribution in [0.15, 0.2) is 79.0 Å². The van der Waals surface area contributed by atoms with Gasteiger partial charge in [-0.3, -0.25) is 14.5 Å². The van der Waals surface area contributed by atoms with Crippen LogP contribution in [0, 0.1) is 0 Å². The minimum Gasteiger partial charge on any atom is -0.480 e. The molecule has 0 atom stereocenters. The molecule has 0 unspecified atom stereocenters. The molecule has 2 heterocycles. The molecule has 29 heavy (non-hydrogen) atoms. The zero-order valence-electron chi connectivity index (χ0n) is 15.9. The first kappa shape index (κ1) is 18.7. The molecular formula is C23H21N3O3. The molecule has 0 radical (unpaired) electrons. The van der Waals surface area contributed by atoms with Crippen LogP contribution in [-0.4, -0.2) is 34.8 Å². The van der Waals surface area contributed by atoms with Crippen LogP contribution in [0.1, 0.15) is 11.1 Å². The Kier molecular flexibility index (Phi) is 5.52. The van der Waals surface area contributed by atoms with Crippen LogP contribution in [0.3, 0.4) is 0 Å². The molecule has 2 amide bonds. The maximum atomic E-state index is 13.2. The largest absolute Gasteiger partial charge is 0.480 e. The van der Waals surface area contributed by atoms with Crippen molar-refractivity contribution in [1.29, 1.82) is 0 Å². The Morgan fingerprint density at radius 2 is 1.55 bits per heavy atom. The van der Waals surface area contributed by atoms with Crippen molar-refractivity contribution in [2.45, 2.75) is 13.1 Å². The van der Waals surface area contributed by atoms with Crippen LogP contribution in [0.5, 0.6) is 5.75 Å². The van der Waals surface area contributed by atoms with Gasteiger partial charge in [-0.05, 0) is 23.3 Å². The highest BCUT2D eigenvalue weighted by Gasteiger charge is 2.30.